The highest BCUT2D eigenvalue weighted by Gasteiger charge is 2.25. The van der Waals surface area contributed by atoms with Crippen molar-refractivity contribution >= 4 is 11.9 Å². The number of aryl methyl sites for hydroxylation is 1. The molecule has 1 aromatic rings. The van der Waals surface area contributed by atoms with Gasteiger partial charge in [-0.2, -0.15) is 0 Å². The molecule has 2 rings (SSSR count). The van der Waals surface area contributed by atoms with E-state index in [2.05, 4.69) is 5.32 Å². The van der Waals surface area contributed by atoms with Gasteiger partial charge in [-0.05, 0) is 44.6 Å². The number of anilines is 1. The number of carbonyl (C=O) groups is 1. The van der Waals surface area contributed by atoms with Gasteiger partial charge in [-0.3, -0.25) is 4.79 Å². The summed E-state index contributed by atoms with van der Waals surface area (Å²) in [5.74, 6) is 1.51. The maximum absolute atomic E-state index is 10.8. The summed E-state index contributed by atoms with van der Waals surface area (Å²) in [7, 11) is 0. The Morgan fingerprint density at radius 2 is 2.12 bits per heavy atom. The van der Waals surface area contributed by atoms with Crippen molar-refractivity contribution in [2.24, 2.45) is 11.8 Å². The minimum Gasteiger partial charge on any atom is -0.481 e. The zero-order chi connectivity index (χ0) is 12.3. The van der Waals surface area contributed by atoms with Gasteiger partial charge in [0.25, 0.3) is 0 Å². The van der Waals surface area contributed by atoms with Gasteiger partial charge < -0.3 is 14.8 Å². The third kappa shape index (κ3) is 3.25. The molecule has 1 heterocycles. The summed E-state index contributed by atoms with van der Waals surface area (Å²) >= 11 is 0. The van der Waals surface area contributed by atoms with E-state index in [9.17, 15) is 4.79 Å². The first kappa shape index (κ1) is 12.0. The topological polar surface area (TPSA) is 62.5 Å². The zero-order valence-corrected chi connectivity index (χ0v) is 10.1. The number of aliphatic carboxylic acids is 1. The molecule has 4 heteroatoms. The van der Waals surface area contributed by atoms with Crippen LogP contribution in [0.4, 0.5) is 5.88 Å². The number of carboxylic acids is 1. The lowest BCUT2D eigenvalue weighted by molar-refractivity contribution is -0.143. The highest BCUT2D eigenvalue weighted by Crippen LogP contribution is 2.29. The molecule has 0 atom stereocenters. The summed E-state index contributed by atoms with van der Waals surface area (Å²) < 4.78 is 5.43. The average Bonchev–Trinajstić information content (AvgIpc) is 2.73. The lowest BCUT2D eigenvalue weighted by Crippen LogP contribution is -2.25. The van der Waals surface area contributed by atoms with Crippen LogP contribution >= 0.6 is 0 Å². The molecular formula is C13H19NO3. The predicted molar refractivity (Wildman–Crippen MR) is 65.0 cm³/mol. The molecular weight excluding hydrogens is 218 g/mol. The Morgan fingerprint density at radius 3 is 2.65 bits per heavy atom. The summed E-state index contributed by atoms with van der Waals surface area (Å²) in [5, 5.41) is 12.2. The number of hydrogen-bond donors (Lipinski definition) is 2. The van der Waals surface area contributed by atoms with Crippen LogP contribution in [-0.2, 0) is 4.79 Å². The zero-order valence-electron chi connectivity index (χ0n) is 10.1. The Labute approximate surface area is 101 Å². The number of nitrogens with one attached hydrogen (secondary N) is 1. The molecule has 4 nitrogen and oxygen atoms in total. The van der Waals surface area contributed by atoms with Crippen molar-refractivity contribution < 1.29 is 14.3 Å². The van der Waals surface area contributed by atoms with E-state index in [1.54, 1.807) is 0 Å². The number of carboxylic acid groups (broad SMARTS) is 1. The molecule has 2 N–H and O–H groups in total. The van der Waals surface area contributed by atoms with Crippen molar-refractivity contribution in [3.8, 4) is 0 Å². The standard InChI is InChI=1S/C13H19NO3/c1-9-2-7-12(17-9)14-8-10-3-5-11(6-4-10)13(15)16/h2,7,10-11,14H,3-6,8H2,1H3,(H,15,16). The minimum absolute atomic E-state index is 0.128. The van der Waals surface area contributed by atoms with Gasteiger partial charge in [0, 0.05) is 12.6 Å². The monoisotopic (exact) mass is 237 g/mol. The van der Waals surface area contributed by atoms with Crippen LogP contribution in [0.2, 0.25) is 0 Å². The van der Waals surface area contributed by atoms with E-state index >= 15 is 0 Å². The van der Waals surface area contributed by atoms with Crippen LogP contribution in [0.25, 0.3) is 0 Å². The smallest absolute Gasteiger partial charge is 0.306 e. The Morgan fingerprint density at radius 1 is 1.41 bits per heavy atom. The minimum atomic E-state index is -0.641. The molecule has 0 saturated heterocycles. The lowest BCUT2D eigenvalue weighted by Gasteiger charge is -2.26. The second-order valence-corrected chi connectivity index (χ2v) is 4.85. The summed E-state index contributed by atoms with van der Waals surface area (Å²) in [4.78, 5) is 10.8. The van der Waals surface area contributed by atoms with Gasteiger partial charge in [0.05, 0.1) is 5.92 Å². The van der Waals surface area contributed by atoms with Gasteiger partial charge in [-0.25, -0.2) is 0 Å². The predicted octanol–water partition coefficient (Wildman–Crippen LogP) is 2.89. The van der Waals surface area contributed by atoms with Crippen LogP contribution in [0, 0.1) is 18.8 Å². The van der Waals surface area contributed by atoms with Crippen LogP contribution in [-0.4, -0.2) is 17.6 Å². The summed E-state index contributed by atoms with van der Waals surface area (Å²) in [6.45, 7) is 2.79. The normalized spacial score (nSPS) is 24.5. The van der Waals surface area contributed by atoms with Crippen molar-refractivity contribution in [1.82, 2.24) is 0 Å². The molecule has 1 fully saturated rings. The van der Waals surface area contributed by atoms with Crippen molar-refractivity contribution in [3.63, 3.8) is 0 Å². The quantitative estimate of drug-likeness (QED) is 0.845. The van der Waals surface area contributed by atoms with Crippen molar-refractivity contribution in [1.29, 1.82) is 0 Å². The SMILES string of the molecule is Cc1ccc(NCC2CCC(C(=O)O)CC2)o1. The molecule has 0 spiro atoms. The number of furan rings is 1. The van der Waals surface area contributed by atoms with Gasteiger partial charge >= 0.3 is 5.97 Å². The van der Waals surface area contributed by atoms with Gasteiger partial charge in [0.1, 0.15) is 5.76 Å². The molecule has 0 radical (unpaired) electrons. The van der Waals surface area contributed by atoms with Crippen LogP contribution < -0.4 is 5.32 Å². The van der Waals surface area contributed by atoms with E-state index in [4.69, 9.17) is 9.52 Å². The van der Waals surface area contributed by atoms with Gasteiger partial charge in [0.2, 0.25) is 0 Å². The van der Waals surface area contributed by atoms with Crippen molar-refractivity contribution in [3.05, 3.63) is 17.9 Å². The summed E-state index contributed by atoms with van der Waals surface area (Å²) in [5.41, 5.74) is 0. The fourth-order valence-electron chi connectivity index (χ4n) is 2.39. The first-order valence-electron chi connectivity index (χ1n) is 6.18. The molecule has 0 aromatic carbocycles. The van der Waals surface area contributed by atoms with E-state index in [1.165, 1.54) is 0 Å². The third-order valence-corrected chi connectivity index (χ3v) is 3.50. The molecule has 17 heavy (non-hydrogen) atoms. The van der Waals surface area contributed by atoms with Crippen molar-refractivity contribution in [2.45, 2.75) is 32.6 Å². The Hall–Kier alpha value is -1.45. The molecule has 1 saturated carbocycles. The maximum atomic E-state index is 10.8. The second-order valence-electron chi connectivity index (χ2n) is 4.85. The molecule has 1 aliphatic rings. The first-order chi connectivity index (χ1) is 8.15. The van der Waals surface area contributed by atoms with E-state index in [0.717, 1.165) is 43.9 Å². The van der Waals surface area contributed by atoms with Gasteiger partial charge in [-0.1, -0.05) is 0 Å². The van der Waals surface area contributed by atoms with Gasteiger partial charge in [0.15, 0.2) is 5.88 Å². The fraction of sp³-hybridized carbons (Fsp3) is 0.615. The largest absolute Gasteiger partial charge is 0.481 e. The fourth-order valence-corrected chi connectivity index (χ4v) is 2.39. The molecule has 94 valence electrons. The summed E-state index contributed by atoms with van der Waals surface area (Å²) in [6, 6.07) is 3.86. The van der Waals surface area contributed by atoms with E-state index in [-0.39, 0.29) is 5.92 Å². The molecule has 0 bridgehead atoms. The highest BCUT2D eigenvalue weighted by atomic mass is 16.4. The lowest BCUT2D eigenvalue weighted by atomic mass is 9.82. The average molecular weight is 237 g/mol. The molecule has 0 unspecified atom stereocenters. The van der Waals surface area contributed by atoms with Crippen LogP contribution in [0.15, 0.2) is 16.5 Å². The molecule has 0 aliphatic heterocycles. The number of hydrogen-bond acceptors (Lipinski definition) is 3. The van der Waals surface area contributed by atoms with E-state index in [1.807, 2.05) is 19.1 Å². The molecule has 1 aliphatic carbocycles. The van der Waals surface area contributed by atoms with Gasteiger partial charge in [-0.15, -0.1) is 0 Å². The summed E-state index contributed by atoms with van der Waals surface area (Å²) in [6.07, 6.45) is 3.59. The molecule has 1 aromatic heterocycles. The van der Waals surface area contributed by atoms with E-state index in [0.29, 0.717) is 5.92 Å². The highest BCUT2D eigenvalue weighted by molar-refractivity contribution is 5.69. The molecule has 0 amide bonds. The van der Waals surface area contributed by atoms with Crippen LogP contribution in [0.3, 0.4) is 0 Å². The Balaban J connectivity index is 1.73. The Bertz CT molecular complexity index is 378. The van der Waals surface area contributed by atoms with Crippen molar-refractivity contribution in [2.75, 3.05) is 11.9 Å². The van der Waals surface area contributed by atoms with Crippen LogP contribution in [0.5, 0.6) is 0 Å². The van der Waals surface area contributed by atoms with Crippen LogP contribution in [0.1, 0.15) is 31.4 Å². The number of rotatable bonds is 4. The first-order valence-corrected chi connectivity index (χ1v) is 6.18. The third-order valence-electron chi connectivity index (χ3n) is 3.50. The Kier molecular flexibility index (Phi) is 3.71. The van der Waals surface area contributed by atoms with E-state index < -0.39 is 5.97 Å². The maximum Gasteiger partial charge on any atom is 0.306 e. The second kappa shape index (κ2) is 5.25.